The molecule has 0 radical (unpaired) electrons. The molecule has 0 spiro atoms. The second kappa shape index (κ2) is 11.3. The molecule has 1 heterocycles. The second-order valence-electron chi connectivity index (χ2n) is 6.93. The van der Waals surface area contributed by atoms with E-state index in [4.69, 9.17) is 25.8 Å². The van der Waals surface area contributed by atoms with E-state index in [1.807, 2.05) is 24.3 Å². The Labute approximate surface area is 214 Å². The third-order valence-electron chi connectivity index (χ3n) is 4.68. The van der Waals surface area contributed by atoms with Crippen LogP contribution >= 0.6 is 46.0 Å². The minimum absolute atomic E-state index is 0.158. The highest BCUT2D eigenvalue weighted by atomic mass is 127. The summed E-state index contributed by atoms with van der Waals surface area (Å²) in [6.07, 6.45) is 1.53. The molecule has 1 fully saturated rings. The fraction of sp³-hybridized carbons (Fsp3) is 0.261. The number of benzene rings is 2. The number of thioether (sulfide) groups is 1. The van der Waals surface area contributed by atoms with Crippen LogP contribution in [0.4, 0.5) is 4.79 Å². The van der Waals surface area contributed by atoms with Gasteiger partial charge in [0.05, 0.1) is 23.6 Å². The Morgan fingerprint density at radius 3 is 2.58 bits per heavy atom. The molecule has 0 aromatic heterocycles. The molecule has 3 rings (SSSR count). The van der Waals surface area contributed by atoms with Crippen LogP contribution in [0.25, 0.3) is 6.08 Å². The number of hydrogen-bond donors (Lipinski definition) is 0. The summed E-state index contributed by atoms with van der Waals surface area (Å²) in [5.41, 5.74) is 1.52. The molecule has 0 unspecified atom stereocenters. The van der Waals surface area contributed by atoms with Crippen molar-refractivity contribution in [2.45, 2.75) is 26.5 Å². The molecule has 1 aliphatic rings. The van der Waals surface area contributed by atoms with E-state index in [2.05, 4.69) is 22.6 Å². The molecule has 2 amide bonds. The number of rotatable bonds is 8. The Bertz CT molecular complexity index is 1100. The Kier molecular flexibility index (Phi) is 8.66. The van der Waals surface area contributed by atoms with Crippen LogP contribution in [0.1, 0.15) is 25.0 Å². The highest BCUT2D eigenvalue weighted by molar-refractivity contribution is 14.1. The highest BCUT2D eigenvalue weighted by Gasteiger charge is 2.41. The first-order valence-electron chi connectivity index (χ1n) is 9.93. The number of methoxy groups -OCH3 is 1. The summed E-state index contributed by atoms with van der Waals surface area (Å²) in [5.74, 6) is -0.447. The maximum absolute atomic E-state index is 12.8. The van der Waals surface area contributed by atoms with Gasteiger partial charge in [-0.3, -0.25) is 14.5 Å². The monoisotopic (exact) mass is 601 g/mol. The van der Waals surface area contributed by atoms with Crippen LogP contribution in [-0.4, -0.2) is 41.8 Å². The first kappa shape index (κ1) is 25.4. The van der Waals surface area contributed by atoms with Crippen molar-refractivity contribution in [3.63, 3.8) is 0 Å². The lowest BCUT2D eigenvalue weighted by Crippen LogP contribution is -2.42. The zero-order chi connectivity index (χ0) is 24.1. The molecule has 0 aliphatic carbocycles. The number of carbonyl (C=O) groups excluding carboxylic acids is 3. The number of halogens is 2. The van der Waals surface area contributed by atoms with Crippen molar-refractivity contribution in [2.24, 2.45) is 0 Å². The maximum Gasteiger partial charge on any atom is 0.329 e. The molecule has 1 saturated heterocycles. The van der Waals surface area contributed by atoms with E-state index in [1.165, 1.54) is 20.1 Å². The molecule has 174 valence electrons. The van der Waals surface area contributed by atoms with E-state index in [9.17, 15) is 14.4 Å². The van der Waals surface area contributed by atoms with Crippen molar-refractivity contribution in [2.75, 3.05) is 13.7 Å². The SMILES string of the molecule is CCOC(=O)[C@H](C)N1C(=O)S/C(=C/c2cc(Cl)c(OCc3ccc(I)cc3)c(OC)c2)C1=O. The molecule has 2 aromatic rings. The predicted molar refractivity (Wildman–Crippen MR) is 135 cm³/mol. The molecule has 0 N–H and O–H groups in total. The van der Waals surface area contributed by atoms with Crippen LogP contribution in [0.3, 0.4) is 0 Å². The van der Waals surface area contributed by atoms with Crippen LogP contribution in [0.5, 0.6) is 11.5 Å². The summed E-state index contributed by atoms with van der Waals surface area (Å²) in [4.78, 5) is 38.2. The van der Waals surface area contributed by atoms with Gasteiger partial charge < -0.3 is 14.2 Å². The van der Waals surface area contributed by atoms with Gasteiger partial charge >= 0.3 is 5.97 Å². The first-order valence-corrected chi connectivity index (χ1v) is 12.2. The van der Waals surface area contributed by atoms with Crippen molar-refractivity contribution in [3.8, 4) is 11.5 Å². The number of hydrogen-bond acceptors (Lipinski definition) is 7. The van der Waals surface area contributed by atoms with Gasteiger partial charge in [-0.05, 0) is 89.7 Å². The molecule has 10 heteroatoms. The van der Waals surface area contributed by atoms with E-state index >= 15 is 0 Å². The summed E-state index contributed by atoms with van der Waals surface area (Å²) in [7, 11) is 1.49. The zero-order valence-electron chi connectivity index (χ0n) is 18.1. The van der Waals surface area contributed by atoms with Gasteiger partial charge in [0.2, 0.25) is 0 Å². The highest BCUT2D eigenvalue weighted by Crippen LogP contribution is 2.39. The molecule has 1 aliphatic heterocycles. The summed E-state index contributed by atoms with van der Waals surface area (Å²) in [5, 5.41) is -0.243. The fourth-order valence-electron chi connectivity index (χ4n) is 3.03. The van der Waals surface area contributed by atoms with Gasteiger partial charge in [-0.2, -0.15) is 0 Å². The quantitative estimate of drug-likeness (QED) is 0.224. The first-order chi connectivity index (χ1) is 15.7. The Balaban J connectivity index is 1.81. The van der Waals surface area contributed by atoms with Gasteiger partial charge in [0.1, 0.15) is 12.6 Å². The van der Waals surface area contributed by atoms with Crippen molar-refractivity contribution >= 4 is 69.1 Å². The molecular weight excluding hydrogens is 581 g/mol. The molecule has 0 bridgehead atoms. The number of carbonyl (C=O) groups is 3. The lowest BCUT2D eigenvalue weighted by atomic mass is 10.1. The van der Waals surface area contributed by atoms with Crippen molar-refractivity contribution in [1.82, 2.24) is 4.90 Å². The largest absolute Gasteiger partial charge is 0.493 e. The Morgan fingerprint density at radius 2 is 1.94 bits per heavy atom. The van der Waals surface area contributed by atoms with Crippen LogP contribution in [-0.2, 0) is 20.9 Å². The third kappa shape index (κ3) is 6.01. The number of nitrogens with zero attached hydrogens (tertiary/aromatic N) is 1. The third-order valence-corrected chi connectivity index (χ3v) is 6.57. The average molecular weight is 602 g/mol. The summed E-state index contributed by atoms with van der Waals surface area (Å²) < 4.78 is 17.4. The summed E-state index contributed by atoms with van der Waals surface area (Å²) in [6.45, 7) is 3.57. The molecule has 2 aromatic carbocycles. The summed E-state index contributed by atoms with van der Waals surface area (Å²) in [6, 6.07) is 10.2. The number of imide groups is 1. The van der Waals surface area contributed by atoms with Gasteiger partial charge in [-0.15, -0.1) is 0 Å². The van der Waals surface area contributed by atoms with E-state index in [0.717, 1.165) is 25.8 Å². The van der Waals surface area contributed by atoms with E-state index in [-0.39, 0.29) is 11.5 Å². The molecule has 7 nitrogen and oxygen atoms in total. The van der Waals surface area contributed by atoms with Crippen molar-refractivity contribution < 1.29 is 28.6 Å². The van der Waals surface area contributed by atoms with Gasteiger partial charge in [0.15, 0.2) is 11.5 Å². The Hall–Kier alpha value is -2.24. The summed E-state index contributed by atoms with van der Waals surface area (Å²) >= 11 is 9.42. The predicted octanol–water partition coefficient (Wildman–Crippen LogP) is 5.52. The van der Waals surface area contributed by atoms with Gasteiger partial charge in [0.25, 0.3) is 11.1 Å². The zero-order valence-corrected chi connectivity index (χ0v) is 21.8. The second-order valence-corrected chi connectivity index (χ2v) is 9.58. The number of esters is 1. The van der Waals surface area contributed by atoms with E-state index in [0.29, 0.717) is 28.7 Å². The fourth-order valence-corrected chi connectivity index (χ4v) is 4.57. The van der Waals surface area contributed by atoms with Crippen molar-refractivity contribution in [1.29, 1.82) is 0 Å². The minimum atomic E-state index is -1.02. The van der Waals surface area contributed by atoms with Crippen molar-refractivity contribution in [3.05, 3.63) is 61.0 Å². The van der Waals surface area contributed by atoms with Crippen LogP contribution in [0, 0.1) is 3.57 Å². The topological polar surface area (TPSA) is 82.1 Å². The minimum Gasteiger partial charge on any atom is -0.493 e. The van der Waals surface area contributed by atoms with Crippen LogP contribution in [0.15, 0.2) is 41.3 Å². The van der Waals surface area contributed by atoms with E-state index < -0.39 is 23.2 Å². The average Bonchev–Trinajstić information content (AvgIpc) is 3.06. The number of amides is 2. The lowest BCUT2D eigenvalue weighted by Gasteiger charge is -2.19. The number of ether oxygens (including phenoxy) is 3. The van der Waals surface area contributed by atoms with Gasteiger partial charge in [-0.1, -0.05) is 23.7 Å². The molecule has 0 saturated carbocycles. The molecule has 33 heavy (non-hydrogen) atoms. The van der Waals surface area contributed by atoms with Gasteiger partial charge in [0, 0.05) is 3.57 Å². The van der Waals surface area contributed by atoms with E-state index in [1.54, 1.807) is 19.1 Å². The maximum atomic E-state index is 12.8. The standard InChI is InChI=1S/C23H21ClINO6S/c1-4-31-22(28)13(2)26-21(27)19(33-23(26)29)11-15-9-17(24)20(18(10-15)30-3)32-12-14-5-7-16(25)8-6-14/h5-11,13H,4,12H2,1-3H3/b19-11+/t13-/m0/s1. The lowest BCUT2D eigenvalue weighted by molar-refractivity contribution is -0.150. The Morgan fingerprint density at radius 1 is 1.24 bits per heavy atom. The van der Waals surface area contributed by atoms with Crippen LogP contribution in [0.2, 0.25) is 5.02 Å². The van der Waals surface area contributed by atoms with Gasteiger partial charge in [-0.25, -0.2) is 4.79 Å². The molecular formula is C23H21ClINO6S. The normalized spacial score (nSPS) is 15.7. The molecule has 1 atom stereocenters. The van der Waals surface area contributed by atoms with Crippen LogP contribution < -0.4 is 9.47 Å². The smallest absolute Gasteiger partial charge is 0.329 e.